The molecule has 0 saturated heterocycles. The molecule has 1 amide bonds. The standard InChI is InChI=1S/C30H38BN7O/c1-19(2)38(17-29(39)35-12-23-8-6-7-20(3)30(23)31)21(4)15-37-16-27(22(5)32)26-11-24(9-10-28(26)37)36-25-13-33-18-34-14-25/h8-11,13-14,16,18-19,36H,4-7,12,15,17,31-32H2,1-3H3,(H,35,39). The molecule has 4 N–H and O–H groups in total. The van der Waals surface area contributed by atoms with Gasteiger partial charge >= 0.3 is 0 Å². The molecule has 9 heteroatoms. The molecule has 1 aliphatic carbocycles. The number of anilines is 2. The van der Waals surface area contributed by atoms with E-state index < -0.39 is 0 Å². The molecule has 1 aliphatic rings. The summed E-state index contributed by atoms with van der Waals surface area (Å²) in [5, 5.41) is 7.41. The van der Waals surface area contributed by atoms with Crippen molar-refractivity contribution >= 4 is 41.7 Å². The van der Waals surface area contributed by atoms with Crippen LogP contribution in [-0.4, -0.2) is 52.3 Å². The first-order valence-electron chi connectivity index (χ1n) is 13.3. The highest BCUT2D eigenvalue weighted by molar-refractivity contribution is 6.25. The molecule has 0 saturated carbocycles. The van der Waals surface area contributed by atoms with E-state index in [9.17, 15) is 4.79 Å². The van der Waals surface area contributed by atoms with Crippen molar-refractivity contribution in [2.45, 2.75) is 46.2 Å². The first kappa shape index (κ1) is 27.8. The maximum Gasteiger partial charge on any atom is 0.239 e. The van der Waals surface area contributed by atoms with E-state index in [0.717, 1.165) is 46.4 Å². The molecule has 2 heterocycles. The lowest BCUT2D eigenvalue weighted by molar-refractivity contribution is -0.122. The molecule has 0 fully saturated rings. The molecule has 2 aromatic heterocycles. The molecule has 0 bridgehead atoms. The maximum absolute atomic E-state index is 13.0. The molecular weight excluding hydrogens is 485 g/mol. The van der Waals surface area contributed by atoms with Crippen molar-refractivity contribution in [2.24, 2.45) is 5.73 Å². The number of amides is 1. The molecule has 39 heavy (non-hydrogen) atoms. The van der Waals surface area contributed by atoms with Gasteiger partial charge in [0.2, 0.25) is 5.91 Å². The van der Waals surface area contributed by atoms with Crippen molar-refractivity contribution in [2.75, 3.05) is 18.4 Å². The number of allylic oxidation sites excluding steroid dienone is 3. The number of carbonyl (C=O) groups excluding carboxylic acids is 1. The number of benzene rings is 1. The van der Waals surface area contributed by atoms with Crippen LogP contribution in [-0.2, 0) is 11.3 Å². The summed E-state index contributed by atoms with van der Waals surface area (Å²) in [5.74, 6) is -0.0178. The molecule has 0 spiro atoms. The molecule has 202 valence electrons. The Morgan fingerprint density at radius 1 is 1.23 bits per heavy atom. The number of hydrogen-bond donors (Lipinski definition) is 3. The minimum absolute atomic E-state index is 0.0178. The van der Waals surface area contributed by atoms with Crippen LogP contribution in [0.15, 0.2) is 84.7 Å². The van der Waals surface area contributed by atoms with E-state index in [0.29, 0.717) is 18.8 Å². The van der Waals surface area contributed by atoms with E-state index in [1.165, 1.54) is 22.9 Å². The molecule has 0 unspecified atom stereocenters. The lowest BCUT2D eigenvalue weighted by Crippen LogP contribution is -2.41. The molecule has 1 aromatic carbocycles. The summed E-state index contributed by atoms with van der Waals surface area (Å²) in [5.41, 5.74) is 15.0. The van der Waals surface area contributed by atoms with E-state index in [1.807, 2.05) is 29.3 Å². The number of aromatic nitrogens is 3. The number of rotatable bonds is 11. The molecular formula is C30H38BN7O. The lowest BCUT2D eigenvalue weighted by Gasteiger charge is -2.30. The Balaban J connectivity index is 1.48. The Morgan fingerprint density at radius 2 is 1.97 bits per heavy atom. The van der Waals surface area contributed by atoms with Crippen LogP contribution in [0.5, 0.6) is 0 Å². The minimum atomic E-state index is -0.0178. The average Bonchev–Trinajstić information content (AvgIpc) is 3.26. The summed E-state index contributed by atoms with van der Waals surface area (Å²) in [6, 6.07) is 6.20. The van der Waals surface area contributed by atoms with Gasteiger partial charge in [-0.2, -0.15) is 0 Å². The van der Waals surface area contributed by atoms with Gasteiger partial charge in [-0.25, -0.2) is 9.97 Å². The summed E-state index contributed by atoms with van der Waals surface area (Å²) >= 11 is 0. The third-order valence-electron chi connectivity index (χ3n) is 7.28. The van der Waals surface area contributed by atoms with Gasteiger partial charge in [-0.15, -0.1) is 0 Å². The highest BCUT2D eigenvalue weighted by Crippen LogP contribution is 2.30. The summed E-state index contributed by atoms with van der Waals surface area (Å²) in [6.07, 6.45) is 11.3. The Morgan fingerprint density at radius 3 is 2.67 bits per heavy atom. The number of nitrogens with two attached hydrogens (primary N) is 1. The smallest absolute Gasteiger partial charge is 0.239 e. The molecule has 8 nitrogen and oxygen atoms in total. The van der Waals surface area contributed by atoms with Gasteiger partial charge in [-0.3, -0.25) is 4.79 Å². The molecule has 3 aromatic rings. The van der Waals surface area contributed by atoms with Crippen molar-refractivity contribution in [1.82, 2.24) is 24.8 Å². The predicted molar refractivity (Wildman–Crippen MR) is 163 cm³/mol. The fraction of sp³-hybridized carbons (Fsp3) is 0.300. The van der Waals surface area contributed by atoms with Gasteiger partial charge in [-0.1, -0.05) is 30.3 Å². The third kappa shape index (κ3) is 6.60. The zero-order valence-electron chi connectivity index (χ0n) is 23.4. The van der Waals surface area contributed by atoms with Crippen molar-refractivity contribution in [3.63, 3.8) is 0 Å². The van der Waals surface area contributed by atoms with E-state index >= 15 is 0 Å². The molecule has 0 radical (unpaired) electrons. The van der Waals surface area contributed by atoms with Gasteiger partial charge in [0.15, 0.2) is 0 Å². The van der Waals surface area contributed by atoms with E-state index in [2.05, 4.69) is 73.0 Å². The Hall–Kier alpha value is -4.27. The van der Waals surface area contributed by atoms with Crippen LogP contribution >= 0.6 is 0 Å². The summed E-state index contributed by atoms with van der Waals surface area (Å²) in [6.45, 7) is 16.0. The van der Waals surface area contributed by atoms with Crippen molar-refractivity contribution in [1.29, 1.82) is 0 Å². The lowest BCUT2D eigenvalue weighted by atomic mass is 9.79. The monoisotopic (exact) mass is 523 g/mol. The van der Waals surface area contributed by atoms with E-state index in [-0.39, 0.29) is 18.5 Å². The number of nitrogens with one attached hydrogen (secondary N) is 2. The SMILES string of the molecule is BC1=C(C)CCC=C1CNC(=O)CN(C(=C)Cn1cc(C(=C)N)c2cc(Nc3cncnc3)ccc21)C(C)C. The first-order chi connectivity index (χ1) is 18.6. The predicted octanol–water partition coefficient (Wildman–Crippen LogP) is 4.07. The van der Waals surface area contributed by atoms with E-state index in [1.54, 1.807) is 12.4 Å². The average molecular weight is 523 g/mol. The molecule has 0 aliphatic heterocycles. The number of nitrogens with zero attached hydrogens (tertiary/aromatic N) is 4. The van der Waals surface area contributed by atoms with Crippen LogP contribution in [0, 0.1) is 0 Å². The van der Waals surface area contributed by atoms with Crippen LogP contribution in [0.2, 0.25) is 0 Å². The highest BCUT2D eigenvalue weighted by Gasteiger charge is 2.19. The van der Waals surface area contributed by atoms with Crippen molar-refractivity contribution < 1.29 is 4.79 Å². The number of hydrogen-bond acceptors (Lipinski definition) is 6. The fourth-order valence-electron chi connectivity index (χ4n) is 4.93. The zero-order valence-corrected chi connectivity index (χ0v) is 23.4. The van der Waals surface area contributed by atoms with Crippen LogP contribution < -0.4 is 16.4 Å². The Labute approximate surface area is 231 Å². The Bertz CT molecular complexity index is 1450. The summed E-state index contributed by atoms with van der Waals surface area (Å²) in [4.78, 5) is 23.1. The molecule has 4 rings (SSSR count). The van der Waals surface area contributed by atoms with Gasteiger partial charge in [-0.05, 0) is 57.4 Å². The minimum Gasteiger partial charge on any atom is -0.399 e. The van der Waals surface area contributed by atoms with Gasteiger partial charge in [0, 0.05) is 52.3 Å². The maximum atomic E-state index is 13.0. The fourth-order valence-corrected chi connectivity index (χ4v) is 4.93. The van der Waals surface area contributed by atoms with Gasteiger partial charge in [0.25, 0.3) is 0 Å². The summed E-state index contributed by atoms with van der Waals surface area (Å²) < 4.78 is 2.11. The Kier molecular flexibility index (Phi) is 8.59. The number of carbonyl (C=O) groups is 1. The van der Waals surface area contributed by atoms with Crippen molar-refractivity contribution in [3.05, 3.63) is 90.2 Å². The van der Waals surface area contributed by atoms with Gasteiger partial charge in [0.1, 0.15) is 14.2 Å². The summed E-state index contributed by atoms with van der Waals surface area (Å²) in [7, 11) is 2.13. The van der Waals surface area contributed by atoms with Gasteiger partial charge < -0.3 is 25.8 Å². The van der Waals surface area contributed by atoms with E-state index in [4.69, 9.17) is 5.73 Å². The zero-order chi connectivity index (χ0) is 28.1. The van der Waals surface area contributed by atoms with Gasteiger partial charge in [0.05, 0.1) is 31.2 Å². The van der Waals surface area contributed by atoms with Crippen LogP contribution in [0.1, 0.15) is 39.2 Å². The highest BCUT2D eigenvalue weighted by atomic mass is 16.2. The second-order valence-corrected chi connectivity index (χ2v) is 10.4. The normalized spacial score (nSPS) is 13.4. The second kappa shape index (κ2) is 12.1. The first-order valence-corrected chi connectivity index (χ1v) is 13.3. The van der Waals surface area contributed by atoms with Crippen molar-refractivity contribution in [3.8, 4) is 0 Å². The van der Waals surface area contributed by atoms with Crippen LogP contribution in [0.25, 0.3) is 16.6 Å². The third-order valence-corrected chi connectivity index (χ3v) is 7.28. The largest absolute Gasteiger partial charge is 0.399 e. The van der Waals surface area contributed by atoms with Crippen LogP contribution in [0.3, 0.4) is 0 Å². The second-order valence-electron chi connectivity index (χ2n) is 10.4. The van der Waals surface area contributed by atoms with Crippen LogP contribution in [0.4, 0.5) is 11.4 Å². The molecule has 0 atom stereocenters. The quantitative estimate of drug-likeness (QED) is 0.328. The number of fused-ring (bicyclic) bond motifs is 1. The topological polar surface area (TPSA) is 101 Å².